The first-order valence-corrected chi connectivity index (χ1v) is 5.72. The summed E-state index contributed by atoms with van der Waals surface area (Å²) in [6, 6.07) is 13.1. The Bertz CT molecular complexity index is 349. The molecule has 1 unspecified atom stereocenters. The molecule has 0 aliphatic rings. The van der Waals surface area contributed by atoms with Gasteiger partial charge in [-0.1, -0.05) is 30.3 Å². The van der Waals surface area contributed by atoms with Crippen molar-refractivity contribution in [2.45, 2.75) is 33.2 Å². The number of nitrogens with zero attached hydrogens (tertiary/aromatic N) is 1. The number of rotatable bonds is 5. The van der Waals surface area contributed by atoms with Gasteiger partial charge in [-0.3, -0.25) is 0 Å². The molecule has 0 saturated carbocycles. The van der Waals surface area contributed by atoms with Gasteiger partial charge in [0.2, 0.25) is 0 Å². The summed E-state index contributed by atoms with van der Waals surface area (Å²) in [5, 5.41) is 12.3. The topological polar surface area (TPSA) is 35.8 Å². The van der Waals surface area contributed by atoms with Crippen LogP contribution in [0.2, 0.25) is 0 Å². The fourth-order valence-corrected chi connectivity index (χ4v) is 1.51. The van der Waals surface area contributed by atoms with E-state index in [4.69, 9.17) is 5.26 Å². The van der Waals surface area contributed by atoms with Crippen LogP contribution < -0.4 is 5.32 Å². The fraction of sp³-hybridized carbons (Fsp3) is 0.500. The molecule has 1 atom stereocenters. The molecular weight excluding hydrogens is 196 g/mol. The molecule has 0 amide bonds. The highest BCUT2D eigenvalue weighted by atomic mass is 14.9. The molecule has 0 aliphatic heterocycles. The monoisotopic (exact) mass is 216 g/mol. The third-order valence-electron chi connectivity index (χ3n) is 2.58. The molecule has 0 bridgehead atoms. The Morgan fingerprint density at radius 2 is 1.94 bits per heavy atom. The maximum absolute atomic E-state index is 8.91. The summed E-state index contributed by atoms with van der Waals surface area (Å²) in [6.45, 7) is 6.79. The van der Waals surface area contributed by atoms with Crippen LogP contribution in [0.15, 0.2) is 30.3 Å². The molecule has 2 nitrogen and oxygen atoms in total. The molecule has 16 heavy (non-hydrogen) atoms. The Balaban J connectivity index is 2.38. The lowest BCUT2D eigenvalue weighted by molar-refractivity contribution is 0.409. The molecule has 1 aromatic carbocycles. The van der Waals surface area contributed by atoms with Crippen molar-refractivity contribution in [1.82, 2.24) is 5.32 Å². The lowest BCUT2D eigenvalue weighted by atomic mass is 9.95. The van der Waals surface area contributed by atoms with E-state index >= 15 is 0 Å². The normalized spacial score (nSPS) is 13.1. The van der Waals surface area contributed by atoms with Gasteiger partial charge in [-0.15, -0.1) is 0 Å². The summed E-state index contributed by atoms with van der Waals surface area (Å²) in [7, 11) is 0. The van der Waals surface area contributed by atoms with Crippen LogP contribution in [0.1, 0.15) is 26.3 Å². The predicted molar refractivity (Wildman–Crippen MR) is 67.0 cm³/mol. The summed E-state index contributed by atoms with van der Waals surface area (Å²) in [5.41, 5.74) is 1.04. The van der Waals surface area contributed by atoms with Crippen molar-refractivity contribution in [2.75, 3.05) is 6.54 Å². The molecule has 1 rings (SSSR count). The molecule has 1 N–H and O–H groups in total. The predicted octanol–water partition coefficient (Wildman–Crippen LogP) is 2.76. The zero-order valence-corrected chi connectivity index (χ0v) is 10.3. The number of nitriles is 1. The second kappa shape index (κ2) is 5.67. The Labute approximate surface area is 98.3 Å². The van der Waals surface area contributed by atoms with Crippen LogP contribution in [0.3, 0.4) is 0 Å². The van der Waals surface area contributed by atoms with E-state index in [2.05, 4.69) is 42.6 Å². The van der Waals surface area contributed by atoms with Crippen LogP contribution >= 0.6 is 0 Å². The number of nitrogens with one attached hydrogen (secondary N) is 1. The maximum Gasteiger partial charge on any atom is 0.0697 e. The van der Waals surface area contributed by atoms with E-state index in [9.17, 15) is 0 Å². The molecule has 0 heterocycles. The highest BCUT2D eigenvalue weighted by Gasteiger charge is 2.17. The van der Waals surface area contributed by atoms with Crippen molar-refractivity contribution in [2.24, 2.45) is 5.41 Å². The molecule has 0 fully saturated rings. The van der Waals surface area contributed by atoms with Gasteiger partial charge in [0.25, 0.3) is 0 Å². The highest BCUT2D eigenvalue weighted by molar-refractivity contribution is 5.15. The van der Waals surface area contributed by atoms with E-state index in [0.717, 1.165) is 13.0 Å². The highest BCUT2D eigenvalue weighted by Crippen LogP contribution is 2.11. The van der Waals surface area contributed by atoms with Crippen molar-refractivity contribution in [3.05, 3.63) is 35.9 Å². The van der Waals surface area contributed by atoms with Gasteiger partial charge in [-0.05, 0) is 32.8 Å². The van der Waals surface area contributed by atoms with Crippen molar-refractivity contribution < 1.29 is 0 Å². The molecule has 1 aromatic rings. The summed E-state index contributed by atoms with van der Waals surface area (Å²) in [5.74, 6) is 0. The second-order valence-electron chi connectivity index (χ2n) is 4.97. The van der Waals surface area contributed by atoms with Crippen molar-refractivity contribution in [3.8, 4) is 6.07 Å². The average molecular weight is 216 g/mol. The van der Waals surface area contributed by atoms with Crippen molar-refractivity contribution >= 4 is 0 Å². The van der Waals surface area contributed by atoms with Crippen LogP contribution in [0.4, 0.5) is 0 Å². The summed E-state index contributed by atoms with van der Waals surface area (Å²) in [6.07, 6.45) is 1.00. The molecule has 0 saturated heterocycles. The molecule has 86 valence electrons. The zero-order chi connectivity index (χ0) is 12.0. The van der Waals surface area contributed by atoms with Gasteiger partial charge in [0.05, 0.1) is 11.5 Å². The zero-order valence-electron chi connectivity index (χ0n) is 10.3. The van der Waals surface area contributed by atoms with Gasteiger partial charge in [0.15, 0.2) is 0 Å². The largest absolute Gasteiger partial charge is 0.312 e. The minimum atomic E-state index is -0.287. The fourth-order valence-electron chi connectivity index (χ4n) is 1.51. The van der Waals surface area contributed by atoms with Gasteiger partial charge in [0, 0.05) is 12.6 Å². The second-order valence-corrected chi connectivity index (χ2v) is 4.97. The van der Waals surface area contributed by atoms with Gasteiger partial charge in [-0.2, -0.15) is 5.26 Å². The molecule has 0 aromatic heterocycles. The smallest absolute Gasteiger partial charge is 0.0697 e. The van der Waals surface area contributed by atoms with E-state index in [-0.39, 0.29) is 5.41 Å². The van der Waals surface area contributed by atoms with E-state index in [1.54, 1.807) is 0 Å². The Kier molecular flexibility index (Phi) is 4.52. The van der Waals surface area contributed by atoms with Crippen LogP contribution in [-0.2, 0) is 6.42 Å². The number of hydrogen-bond donors (Lipinski definition) is 1. The van der Waals surface area contributed by atoms with Crippen LogP contribution in [0.25, 0.3) is 0 Å². The van der Waals surface area contributed by atoms with Crippen LogP contribution in [0, 0.1) is 16.7 Å². The third-order valence-corrected chi connectivity index (χ3v) is 2.58. The molecule has 0 spiro atoms. The Morgan fingerprint density at radius 3 is 2.50 bits per heavy atom. The molecule has 0 radical (unpaired) electrons. The van der Waals surface area contributed by atoms with E-state index in [0.29, 0.717) is 6.04 Å². The summed E-state index contributed by atoms with van der Waals surface area (Å²) in [4.78, 5) is 0. The Hall–Kier alpha value is -1.33. The van der Waals surface area contributed by atoms with Gasteiger partial charge in [-0.25, -0.2) is 0 Å². The number of hydrogen-bond acceptors (Lipinski definition) is 2. The standard InChI is InChI=1S/C14H20N2/c1-12(16-11-14(2,3)10-15)9-13-7-5-4-6-8-13/h4-8,12,16H,9,11H2,1-3H3. The van der Waals surface area contributed by atoms with E-state index in [1.165, 1.54) is 5.56 Å². The lowest BCUT2D eigenvalue weighted by Gasteiger charge is -2.20. The van der Waals surface area contributed by atoms with Gasteiger partial charge in [0.1, 0.15) is 0 Å². The average Bonchev–Trinajstić information content (AvgIpc) is 2.28. The van der Waals surface area contributed by atoms with Crippen LogP contribution in [0.5, 0.6) is 0 Å². The first-order valence-electron chi connectivity index (χ1n) is 5.72. The maximum atomic E-state index is 8.91. The summed E-state index contributed by atoms with van der Waals surface area (Å²) >= 11 is 0. The quantitative estimate of drug-likeness (QED) is 0.821. The molecule has 2 heteroatoms. The van der Waals surface area contributed by atoms with Crippen molar-refractivity contribution in [1.29, 1.82) is 5.26 Å². The van der Waals surface area contributed by atoms with Gasteiger partial charge >= 0.3 is 0 Å². The van der Waals surface area contributed by atoms with Gasteiger partial charge < -0.3 is 5.32 Å². The van der Waals surface area contributed by atoms with E-state index < -0.39 is 0 Å². The Morgan fingerprint density at radius 1 is 1.31 bits per heavy atom. The third kappa shape index (κ3) is 4.46. The minimum Gasteiger partial charge on any atom is -0.312 e. The molecule has 0 aliphatic carbocycles. The van der Waals surface area contributed by atoms with Crippen molar-refractivity contribution in [3.63, 3.8) is 0 Å². The van der Waals surface area contributed by atoms with Crippen LogP contribution in [-0.4, -0.2) is 12.6 Å². The first kappa shape index (κ1) is 12.7. The first-order chi connectivity index (χ1) is 7.53. The summed E-state index contributed by atoms with van der Waals surface area (Å²) < 4.78 is 0. The minimum absolute atomic E-state index is 0.287. The number of benzene rings is 1. The molecular formula is C14H20N2. The SMILES string of the molecule is CC(Cc1ccccc1)NCC(C)(C)C#N. The van der Waals surface area contributed by atoms with E-state index in [1.807, 2.05) is 19.9 Å². The lowest BCUT2D eigenvalue weighted by Crippen LogP contribution is -2.35.